The van der Waals surface area contributed by atoms with E-state index in [0.717, 1.165) is 5.69 Å². The average molecular weight is 183 g/mol. The third-order valence-corrected chi connectivity index (χ3v) is 1.52. The van der Waals surface area contributed by atoms with E-state index in [1.165, 1.54) is 0 Å². The second-order valence-corrected chi connectivity index (χ2v) is 2.68. The van der Waals surface area contributed by atoms with Crippen LogP contribution in [-0.2, 0) is 6.54 Å². The normalized spacial score (nSPS) is 12.8. The van der Waals surface area contributed by atoms with Crippen molar-refractivity contribution in [1.82, 2.24) is 15.5 Å². The van der Waals surface area contributed by atoms with E-state index >= 15 is 0 Å². The zero-order valence-electron chi connectivity index (χ0n) is 7.22. The largest absolute Gasteiger partial charge is 0.394 e. The van der Waals surface area contributed by atoms with E-state index in [-0.39, 0.29) is 6.61 Å². The average Bonchev–Trinajstić information content (AvgIpc) is 2.19. The minimum atomic E-state index is -0.711. The van der Waals surface area contributed by atoms with Crippen LogP contribution in [0.25, 0.3) is 0 Å². The quantitative estimate of drug-likeness (QED) is 0.541. The molecule has 0 bridgehead atoms. The van der Waals surface area contributed by atoms with Gasteiger partial charge in [-0.1, -0.05) is 0 Å². The standard InChI is InChI=1S/C8H13N3O2/c12-6-8(13)5-9-4-7-2-1-3-10-11-7/h1-3,8-9,12-13H,4-6H2/t8-/m0/s1. The molecule has 0 fully saturated rings. The minimum absolute atomic E-state index is 0.229. The molecule has 1 aromatic rings. The molecule has 1 aromatic heterocycles. The highest BCUT2D eigenvalue weighted by molar-refractivity contribution is 4.98. The van der Waals surface area contributed by atoms with E-state index in [1.54, 1.807) is 12.3 Å². The number of nitrogens with one attached hydrogen (secondary N) is 1. The van der Waals surface area contributed by atoms with Crippen molar-refractivity contribution < 1.29 is 10.2 Å². The first kappa shape index (κ1) is 10.0. The molecule has 0 aliphatic heterocycles. The van der Waals surface area contributed by atoms with Crippen LogP contribution in [0, 0.1) is 0 Å². The van der Waals surface area contributed by atoms with Crippen LogP contribution in [0.2, 0.25) is 0 Å². The predicted molar refractivity (Wildman–Crippen MR) is 46.8 cm³/mol. The highest BCUT2D eigenvalue weighted by Gasteiger charge is 2.00. The second kappa shape index (κ2) is 5.58. The molecule has 13 heavy (non-hydrogen) atoms. The van der Waals surface area contributed by atoms with E-state index in [9.17, 15) is 0 Å². The van der Waals surface area contributed by atoms with E-state index in [4.69, 9.17) is 10.2 Å². The van der Waals surface area contributed by atoms with E-state index < -0.39 is 6.10 Å². The van der Waals surface area contributed by atoms with Crippen LogP contribution in [0.1, 0.15) is 5.69 Å². The molecular weight excluding hydrogens is 170 g/mol. The van der Waals surface area contributed by atoms with Gasteiger partial charge in [-0.2, -0.15) is 10.2 Å². The lowest BCUT2D eigenvalue weighted by molar-refractivity contribution is 0.0941. The summed E-state index contributed by atoms with van der Waals surface area (Å²) in [5.41, 5.74) is 0.813. The maximum Gasteiger partial charge on any atom is 0.0895 e. The summed E-state index contributed by atoms with van der Waals surface area (Å²) in [7, 11) is 0. The van der Waals surface area contributed by atoms with Gasteiger partial charge in [-0.25, -0.2) is 0 Å². The Labute approximate surface area is 76.4 Å². The molecule has 0 aliphatic rings. The highest BCUT2D eigenvalue weighted by atomic mass is 16.3. The number of aliphatic hydroxyl groups is 2. The third kappa shape index (κ3) is 3.93. The summed E-state index contributed by atoms with van der Waals surface area (Å²) in [5.74, 6) is 0. The molecule has 0 aromatic carbocycles. The van der Waals surface area contributed by atoms with Gasteiger partial charge in [-0.15, -0.1) is 0 Å². The summed E-state index contributed by atoms with van der Waals surface area (Å²) in [4.78, 5) is 0. The first-order valence-electron chi connectivity index (χ1n) is 4.09. The molecule has 0 radical (unpaired) electrons. The van der Waals surface area contributed by atoms with Crippen molar-refractivity contribution in [2.45, 2.75) is 12.6 Å². The fraction of sp³-hybridized carbons (Fsp3) is 0.500. The monoisotopic (exact) mass is 183 g/mol. The Morgan fingerprint density at radius 3 is 3.00 bits per heavy atom. The maximum absolute atomic E-state index is 8.99. The van der Waals surface area contributed by atoms with Crippen molar-refractivity contribution in [1.29, 1.82) is 0 Å². The molecule has 1 rings (SSSR count). The number of hydrogen-bond donors (Lipinski definition) is 3. The number of rotatable bonds is 5. The van der Waals surface area contributed by atoms with Gasteiger partial charge in [0.1, 0.15) is 0 Å². The first-order valence-corrected chi connectivity index (χ1v) is 4.09. The third-order valence-electron chi connectivity index (χ3n) is 1.52. The summed E-state index contributed by atoms with van der Waals surface area (Å²) < 4.78 is 0. The van der Waals surface area contributed by atoms with Gasteiger partial charge < -0.3 is 15.5 Å². The van der Waals surface area contributed by atoms with Gasteiger partial charge in [0.25, 0.3) is 0 Å². The summed E-state index contributed by atoms with van der Waals surface area (Å²) in [6, 6.07) is 3.64. The van der Waals surface area contributed by atoms with Crippen LogP contribution >= 0.6 is 0 Å². The molecule has 0 spiro atoms. The van der Waals surface area contributed by atoms with Crippen LogP contribution in [0.5, 0.6) is 0 Å². The van der Waals surface area contributed by atoms with Gasteiger partial charge in [-0.05, 0) is 12.1 Å². The molecule has 1 atom stereocenters. The SMILES string of the molecule is OC[C@@H](O)CNCc1cccnn1. The van der Waals surface area contributed by atoms with Gasteiger partial charge in [0.2, 0.25) is 0 Å². The number of hydrogen-bond acceptors (Lipinski definition) is 5. The Morgan fingerprint density at radius 1 is 1.54 bits per heavy atom. The topological polar surface area (TPSA) is 78.3 Å². The van der Waals surface area contributed by atoms with E-state index in [0.29, 0.717) is 13.1 Å². The fourth-order valence-electron chi connectivity index (χ4n) is 0.859. The number of nitrogens with zero attached hydrogens (tertiary/aromatic N) is 2. The Bertz CT molecular complexity index is 230. The molecule has 1 heterocycles. The molecule has 0 saturated heterocycles. The first-order chi connectivity index (χ1) is 6.33. The van der Waals surface area contributed by atoms with Gasteiger partial charge in [0.15, 0.2) is 0 Å². The molecule has 72 valence electrons. The number of aliphatic hydroxyl groups excluding tert-OH is 2. The van der Waals surface area contributed by atoms with Crippen LogP contribution in [0.3, 0.4) is 0 Å². The lowest BCUT2D eigenvalue weighted by Crippen LogP contribution is -2.29. The Hall–Kier alpha value is -1.04. The van der Waals surface area contributed by atoms with Crippen molar-refractivity contribution in [3.8, 4) is 0 Å². The van der Waals surface area contributed by atoms with Crippen molar-refractivity contribution in [2.24, 2.45) is 0 Å². The minimum Gasteiger partial charge on any atom is -0.394 e. The highest BCUT2D eigenvalue weighted by Crippen LogP contribution is 1.89. The molecule has 5 heteroatoms. The van der Waals surface area contributed by atoms with Crippen molar-refractivity contribution in [2.75, 3.05) is 13.2 Å². The van der Waals surface area contributed by atoms with Crippen molar-refractivity contribution >= 4 is 0 Å². The molecule has 0 aliphatic carbocycles. The summed E-state index contributed by atoms with van der Waals surface area (Å²) >= 11 is 0. The van der Waals surface area contributed by atoms with Gasteiger partial charge in [0.05, 0.1) is 18.4 Å². The lowest BCUT2D eigenvalue weighted by Gasteiger charge is -2.07. The van der Waals surface area contributed by atoms with Crippen molar-refractivity contribution in [3.05, 3.63) is 24.0 Å². The molecule has 0 unspecified atom stereocenters. The smallest absolute Gasteiger partial charge is 0.0895 e. The predicted octanol–water partition coefficient (Wildman–Crippen LogP) is -1.08. The Kier molecular flexibility index (Phi) is 4.31. The molecule has 5 nitrogen and oxygen atoms in total. The van der Waals surface area contributed by atoms with Gasteiger partial charge in [0, 0.05) is 19.3 Å². The van der Waals surface area contributed by atoms with E-state index in [2.05, 4.69) is 15.5 Å². The lowest BCUT2D eigenvalue weighted by atomic mass is 10.3. The molecule has 0 saturated carbocycles. The van der Waals surface area contributed by atoms with Gasteiger partial charge >= 0.3 is 0 Å². The Balaban J connectivity index is 2.20. The number of aromatic nitrogens is 2. The summed E-state index contributed by atoms with van der Waals surface area (Å²) in [6.07, 6.45) is 0.892. The van der Waals surface area contributed by atoms with Crippen LogP contribution in [0.4, 0.5) is 0 Å². The summed E-state index contributed by atoms with van der Waals surface area (Å²) in [6.45, 7) is 0.672. The Morgan fingerprint density at radius 2 is 2.38 bits per heavy atom. The zero-order valence-corrected chi connectivity index (χ0v) is 7.22. The van der Waals surface area contributed by atoms with Crippen LogP contribution < -0.4 is 5.32 Å². The van der Waals surface area contributed by atoms with Crippen molar-refractivity contribution in [3.63, 3.8) is 0 Å². The molecule has 0 amide bonds. The summed E-state index contributed by atoms with van der Waals surface area (Å²) in [5, 5.41) is 28.0. The second-order valence-electron chi connectivity index (χ2n) is 2.68. The maximum atomic E-state index is 8.99. The fourth-order valence-corrected chi connectivity index (χ4v) is 0.859. The van der Waals surface area contributed by atoms with E-state index in [1.807, 2.05) is 6.07 Å². The molecular formula is C8H13N3O2. The van der Waals surface area contributed by atoms with Gasteiger partial charge in [-0.3, -0.25) is 0 Å². The van der Waals surface area contributed by atoms with Crippen LogP contribution in [-0.4, -0.2) is 39.7 Å². The zero-order chi connectivity index (χ0) is 9.52. The van der Waals surface area contributed by atoms with Crippen LogP contribution in [0.15, 0.2) is 18.3 Å². The molecule has 3 N–H and O–H groups in total.